The van der Waals surface area contributed by atoms with E-state index in [0.29, 0.717) is 0 Å². The molecule has 58 valence electrons. The Labute approximate surface area is 58.7 Å². The Hall–Kier alpha value is -1.26. The smallest absolute Gasteiger partial charge is 0.426 e. The van der Waals surface area contributed by atoms with Crippen LogP contribution in [0.2, 0.25) is 0 Å². The van der Waals surface area contributed by atoms with Gasteiger partial charge in [0.15, 0.2) is 0 Å². The first-order valence-electron chi connectivity index (χ1n) is 2.86. The van der Waals surface area contributed by atoms with Crippen LogP contribution in [0.25, 0.3) is 0 Å². The zero-order valence-corrected chi connectivity index (χ0v) is 5.93. The van der Waals surface area contributed by atoms with Crippen LogP contribution in [0.5, 0.6) is 0 Å². The van der Waals surface area contributed by atoms with Crippen molar-refractivity contribution in [3.05, 3.63) is 0 Å². The highest BCUT2D eigenvalue weighted by Crippen LogP contribution is 1.71. The van der Waals surface area contributed by atoms with E-state index in [4.69, 9.17) is 0 Å². The van der Waals surface area contributed by atoms with Crippen LogP contribution >= 0.6 is 0 Å². The molecule has 0 saturated heterocycles. The van der Waals surface area contributed by atoms with Gasteiger partial charge in [-0.15, -0.1) is 0 Å². The third-order valence-corrected chi connectivity index (χ3v) is 0.616. The van der Waals surface area contributed by atoms with E-state index in [-0.39, 0.29) is 12.5 Å². The molecule has 5 heteroatoms. The van der Waals surface area contributed by atoms with Crippen molar-refractivity contribution in [2.45, 2.75) is 13.8 Å². The molecular weight excluding hydrogens is 136 g/mol. The molecule has 0 aliphatic heterocycles. The second-order valence-corrected chi connectivity index (χ2v) is 1.53. The normalized spacial score (nSPS) is 8.20. The van der Waals surface area contributed by atoms with Gasteiger partial charge < -0.3 is 4.74 Å². The summed E-state index contributed by atoms with van der Waals surface area (Å²) in [4.78, 5) is 20.6. The van der Waals surface area contributed by atoms with Gasteiger partial charge in [-0.1, -0.05) is 0 Å². The molecule has 5 nitrogen and oxygen atoms in total. The highest BCUT2D eigenvalue weighted by Gasteiger charge is 1.97. The quantitative estimate of drug-likeness (QED) is 0.503. The first-order valence-corrected chi connectivity index (χ1v) is 2.86. The maximum atomic E-state index is 10.4. The number of hydrazine groups is 1. The second kappa shape index (κ2) is 4.60. The minimum Gasteiger partial charge on any atom is -0.449 e. The van der Waals surface area contributed by atoms with Crippen molar-refractivity contribution < 1.29 is 14.3 Å². The van der Waals surface area contributed by atoms with Gasteiger partial charge in [0.1, 0.15) is 0 Å². The third kappa shape index (κ3) is 4.89. The molecule has 0 aromatic rings. The monoisotopic (exact) mass is 146 g/mol. The third-order valence-electron chi connectivity index (χ3n) is 0.616. The van der Waals surface area contributed by atoms with Crippen molar-refractivity contribution in [3.8, 4) is 0 Å². The molecule has 0 unspecified atom stereocenters. The van der Waals surface area contributed by atoms with Crippen molar-refractivity contribution in [1.82, 2.24) is 10.9 Å². The van der Waals surface area contributed by atoms with E-state index >= 15 is 0 Å². The van der Waals surface area contributed by atoms with E-state index in [1.807, 2.05) is 5.43 Å². The summed E-state index contributed by atoms with van der Waals surface area (Å²) in [7, 11) is 0. The van der Waals surface area contributed by atoms with Crippen molar-refractivity contribution in [1.29, 1.82) is 0 Å². The van der Waals surface area contributed by atoms with Crippen LogP contribution in [0, 0.1) is 0 Å². The lowest BCUT2D eigenvalue weighted by molar-refractivity contribution is -0.119. The summed E-state index contributed by atoms with van der Waals surface area (Å²) in [6, 6.07) is 0. The molecule has 2 N–H and O–H groups in total. The Kier molecular flexibility index (Phi) is 4.02. The molecule has 2 amide bonds. The van der Waals surface area contributed by atoms with E-state index < -0.39 is 6.09 Å². The highest BCUT2D eigenvalue weighted by atomic mass is 16.5. The lowest BCUT2D eigenvalue weighted by Crippen LogP contribution is -2.40. The van der Waals surface area contributed by atoms with E-state index in [0.717, 1.165) is 0 Å². The van der Waals surface area contributed by atoms with Crippen molar-refractivity contribution in [3.63, 3.8) is 0 Å². The number of carbonyl (C=O) groups is 2. The summed E-state index contributed by atoms with van der Waals surface area (Å²) < 4.78 is 4.43. The average molecular weight is 146 g/mol. The van der Waals surface area contributed by atoms with Gasteiger partial charge in [0, 0.05) is 6.92 Å². The van der Waals surface area contributed by atoms with Crippen LogP contribution < -0.4 is 10.9 Å². The molecule has 0 aliphatic carbocycles. The van der Waals surface area contributed by atoms with Gasteiger partial charge in [-0.25, -0.2) is 10.2 Å². The van der Waals surface area contributed by atoms with Gasteiger partial charge in [0.05, 0.1) is 6.61 Å². The molecule has 0 fully saturated rings. The van der Waals surface area contributed by atoms with E-state index in [2.05, 4.69) is 10.2 Å². The zero-order valence-electron chi connectivity index (χ0n) is 5.93. The standard InChI is InChI=1S/C5H10N2O3/c1-3-10-5(9)7-6-4(2)8/h3H2,1-2H3,(H,6,8)(H,7,9). The first-order chi connectivity index (χ1) is 4.66. The zero-order chi connectivity index (χ0) is 7.98. The molecule has 0 radical (unpaired) electrons. The van der Waals surface area contributed by atoms with Crippen LogP contribution in [-0.2, 0) is 9.53 Å². The number of nitrogens with one attached hydrogen (secondary N) is 2. The summed E-state index contributed by atoms with van der Waals surface area (Å²) in [5.41, 5.74) is 4.09. The Bertz CT molecular complexity index is 135. The van der Waals surface area contributed by atoms with Gasteiger partial charge in [-0.3, -0.25) is 10.2 Å². The van der Waals surface area contributed by atoms with Crippen LogP contribution in [0.4, 0.5) is 4.79 Å². The second-order valence-electron chi connectivity index (χ2n) is 1.53. The molecule has 0 spiro atoms. The fraction of sp³-hybridized carbons (Fsp3) is 0.600. The summed E-state index contributed by atoms with van der Waals surface area (Å²) in [6.07, 6.45) is -0.655. The van der Waals surface area contributed by atoms with Gasteiger partial charge in [0.2, 0.25) is 5.91 Å². The molecule has 0 saturated carbocycles. The predicted molar refractivity (Wildman–Crippen MR) is 34.0 cm³/mol. The molecule has 0 atom stereocenters. The number of hydrogen-bond donors (Lipinski definition) is 2. The van der Waals surface area contributed by atoms with Crippen LogP contribution in [-0.4, -0.2) is 18.6 Å². The fourth-order valence-corrected chi connectivity index (χ4v) is 0.306. The van der Waals surface area contributed by atoms with Gasteiger partial charge >= 0.3 is 6.09 Å². The van der Waals surface area contributed by atoms with E-state index in [1.165, 1.54) is 6.92 Å². The largest absolute Gasteiger partial charge is 0.449 e. The number of rotatable bonds is 1. The molecule has 0 heterocycles. The summed E-state index contributed by atoms with van der Waals surface area (Å²) in [5.74, 6) is -0.340. The fourth-order valence-electron chi connectivity index (χ4n) is 0.306. The first kappa shape index (κ1) is 8.74. The van der Waals surface area contributed by atoms with Crippen LogP contribution in [0.15, 0.2) is 0 Å². The summed E-state index contributed by atoms with van der Waals surface area (Å²) in [5, 5.41) is 0. The average Bonchev–Trinajstić information content (AvgIpc) is 1.85. The minimum absolute atomic E-state index is 0.283. The number of amides is 2. The van der Waals surface area contributed by atoms with E-state index in [9.17, 15) is 9.59 Å². The van der Waals surface area contributed by atoms with E-state index in [1.54, 1.807) is 6.92 Å². The minimum atomic E-state index is -0.655. The van der Waals surface area contributed by atoms with Crippen LogP contribution in [0.3, 0.4) is 0 Å². The number of ether oxygens (including phenoxy) is 1. The van der Waals surface area contributed by atoms with Gasteiger partial charge in [-0.05, 0) is 6.92 Å². The number of carbonyl (C=O) groups excluding carboxylic acids is 2. The Morgan fingerprint density at radius 3 is 2.40 bits per heavy atom. The molecule has 0 aromatic heterocycles. The molecular formula is C5H10N2O3. The van der Waals surface area contributed by atoms with Crippen molar-refractivity contribution in [2.24, 2.45) is 0 Å². The molecule has 0 bridgehead atoms. The Balaban J connectivity index is 3.30. The predicted octanol–water partition coefficient (Wildman–Crippen LogP) is -0.216. The molecule has 0 aromatic carbocycles. The van der Waals surface area contributed by atoms with Crippen molar-refractivity contribution >= 4 is 12.0 Å². The maximum Gasteiger partial charge on any atom is 0.426 e. The van der Waals surface area contributed by atoms with Crippen LogP contribution in [0.1, 0.15) is 13.8 Å². The highest BCUT2D eigenvalue weighted by molar-refractivity contribution is 5.76. The summed E-state index contributed by atoms with van der Waals surface area (Å²) >= 11 is 0. The molecule has 0 aliphatic rings. The summed E-state index contributed by atoms with van der Waals surface area (Å²) in [6.45, 7) is 3.24. The van der Waals surface area contributed by atoms with Gasteiger partial charge in [0.25, 0.3) is 0 Å². The topological polar surface area (TPSA) is 67.4 Å². The maximum absolute atomic E-state index is 10.4. The molecule has 10 heavy (non-hydrogen) atoms. The van der Waals surface area contributed by atoms with Gasteiger partial charge in [-0.2, -0.15) is 0 Å². The Morgan fingerprint density at radius 2 is 2.00 bits per heavy atom. The SMILES string of the molecule is CCOC(=O)NNC(C)=O. The molecule has 0 rings (SSSR count). The lowest BCUT2D eigenvalue weighted by atomic mass is 10.8. The lowest BCUT2D eigenvalue weighted by Gasteiger charge is -2.03. The number of hydrogen-bond acceptors (Lipinski definition) is 3. The van der Waals surface area contributed by atoms with Crippen molar-refractivity contribution in [2.75, 3.05) is 6.61 Å². The Morgan fingerprint density at radius 1 is 1.40 bits per heavy atom.